The van der Waals surface area contributed by atoms with E-state index in [2.05, 4.69) is 0 Å². The highest BCUT2D eigenvalue weighted by Crippen LogP contribution is 2.29. The number of amides is 1. The number of carbonyl (C=O) groups is 1. The largest absolute Gasteiger partial charge is 0.508 e. The van der Waals surface area contributed by atoms with Gasteiger partial charge in [0.05, 0.1) is 12.1 Å². The zero-order valence-corrected chi connectivity index (χ0v) is 13.7. The highest BCUT2D eigenvalue weighted by Gasteiger charge is 2.21. The van der Waals surface area contributed by atoms with Gasteiger partial charge >= 0.3 is 0 Å². The van der Waals surface area contributed by atoms with Gasteiger partial charge in [-0.15, -0.1) is 0 Å². The number of para-hydroxylation sites is 1. The highest BCUT2D eigenvalue weighted by atomic mass is 16.5. The van der Waals surface area contributed by atoms with Gasteiger partial charge in [0.1, 0.15) is 29.4 Å². The molecule has 0 aliphatic heterocycles. The predicted molar refractivity (Wildman–Crippen MR) is 91.5 cm³/mol. The molecule has 0 unspecified atom stereocenters. The SMILES string of the molecule is Cc1oc2ccc(O)cc2c1C(=O)N(C)CCOc1ccccc1. The molecule has 3 aromatic rings. The van der Waals surface area contributed by atoms with Gasteiger partial charge in [-0.3, -0.25) is 4.79 Å². The van der Waals surface area contributed by atoms with Gasteiger partial charge in [0.25, 0.3) is 5.91 Å². The minimum absolute atomic E-state index is 0.104. The van der Waals surface area contributed by atoms with Crippen LogP contribution in [0.4, 0.5) is 0 Å². The smallest absolute Gasteiger partial charge is 0.257 e. The van der Waals surface area contributed by atoms with Crippen molar-refractivity contribution in [3.05, 3.63) is 59.9 Å². The fraction of sp³-hybridized carbons (Fsp3) is 0.211. The molecule has 3 rings (SSSR count). The molecule has 0 saturated carbocycles. The van der Waals surface area contributed by atoms with E-state index in [1.165, 1.54) is 6.07 Å². The molecule has 0 aliphatic carbocycles. The minimum atomic E-state index is -0.159. The summed E-state index contributed by atoms with van der Waals surface area (Å²) in [5.74, 6) is 1.26. The van der Waals surface area contributed by atoms with Crippen LogP contribution in [0.5, 0.6) is 11.5 Å². The third-order valence-corrected chi connectivity index (χ3v) is 3.85. The molecule has 1 amide bonds. The van der Waals surface area contributed by atoms with E-state index < -0.39 is 0 Å². The van der Waals surface area contributed by atoms with E-state index in [9.17, 15) is 9.90 Å². The Labute approximate surface area is 140 Å². The Morgan fingerprint density at radius 1 is 1.21 bits per heavy atom. The van der Waals surface area contributed by atoms with Crippen molar-refractivity contribution >= 4 is 16.9 Å². The molecule has 5 heteroatoms. The molecule has 1 N–H and O–H groups in total. The minimum Gasteiger partial charge on any atom is -0.508 e. The Morgan fingerprint density at radius 2 is 1.96 bits per heavy atom. The average Bonchev–Trinajstić information content (AvgIpc) is 2.90. The van der Waals surface area contributed by atoms with Crippen molar-refractivity contribution in [2.75, 3.05) is 20.2 Å². The number of rotatable bonds is 5. The van der Waals surface area contributed by atoms with Crippen LogP contribution in [0.25, 0.3) is 11.0 Å². The van der Waals surface area contributed by atoms with Crippen LogP contribution < -0.4 is 4.74 Å². The molecule has 5 nitrogen and oxygen atoms in total. The van der Waals surface area contributed by atoms with Gasteiger partial charge < -0.3 is 19.2 Å². The molecule has 0 radical (unpaired) electrons. The fourth-order valence-corrected chi connectivity index (χ4v) is 2.58. The molecule has 2 aromatic carbocycles. The van der Waals surface area contributed by atoms with Crippen LogP contribution >= 0.6 is 0 Å². The Hall–Kier alpha value is -2.95. The summed E-state index contributed by atoms with van der Waals surface area (Å²) < 4.78 is 11.2. The van der Waals surface area contributed by atoms with E-state index in [1.54, 1.807) is 31.0 Å². The summed E-state index contributed by atoms with van der Waals surface area (Å²) >= 11 is 0. The van der Waals surface area contributed by atoms with Crippen molar-refractivity contribution in [3.8, 4) is 11.5 Å². The van der Waals surface area contributed by atoms with Gasteiger partial charge in [0.15, 0.2) is 0 Å². The lowest BCUT2D eigenvalue weighted by molar-refractivity contribution is 0.0773. The lowest BCUT2D eigenvalue weighted by atomic mass is 10.1. The number of phenols is 1. The molecule has 0 aliphatic rings. The molecule has 0 spiro atoms. The average molecular weight is 325 g/mol. The van der Waals surface area contributed by atoms with Gasteiger partial charge in [-0.05, 0) is 37.3 Å². The number of benzene rings is 2. The van der Waals surface area contributed by atoms with E-state index in [-0.39, 0.29) is 11.7 Å². The second-order valence-corrected chi connectivity index (χ2v) is 5.60. The number of likely N-dealkylation sites (N-methyl/N-ethyl adjacent to an activating group) is 1. The summed E-state index contributed by atoms with van der Waals surface area (Å²) in [6.07, 6.45) is 0. The first-order valence-corrected chi connectivity index (χ1v) is 7.71. The van der Waals surface area contributed by atoms with Crippen molar-refractivity contribution in [1.82, 2.24) is 4.90 Å². The molecule has 24 heavy (non-hydrogen) atoms. The predicted octanol–water partition coefficient (Wildman–Crippen LogP) is 3.60. The molecule has 0 fully saturated rings. The number of carbonyl (C=O) groups excluding carboxylic acids is 1. The second kappa shape index (κ2) is 6.66. The van der Waals surface area contributed by atoms with Crippen molar-refractivity contribution in [2.45, 2.75) is 6.92 Å². The van der Waals surface area contributed by atoms with Crippen LogP contribution in [0.15, 0.2) is 52.9 Å². The summed E-state index contributed by atoms with van der Waals surface area (Å²) in [5, 5.41) is 10.3. The Balaban J connectivity index is 1.71. The summed E-state index contributed by atoms with van der Waals surface area (Å²) in [5.41, 5.74) is 1.06. The van der Waals surface area contributed by atoms with Gasteiger partial charge in [0, 0.05) is 12.4 Å². The normalized spacial score (nSPS) is 10.8. The van der Waals surface area contributed by atoms with Gasteiger partial charge in [-0.1, -0.05) is 18.2 Å². The van der Waals surface area contributed by atoms with Crippen LogP contribution in [-0.2, 0) is 0 Å². The number of aromatic hydroxyl groups is 1. The first kappa shape index (κ1) is 15.9. The number of fused-ring (bicyclic) bond motifs is 1. The van der Waals surface area contributed by atoms with Gasteiger partial charge in [-0.25, -0.2) is 0 Å². The fourth-order valence-electron chi connectivity index (χ4n) is 2.58. The highest BCUT2D eigenvalue weighted by molar-refractivity contribution is 6.07. The summed E-state index contributed by atoms with van der Waals surface area (Å²) in [4.78, 5) is 14.3. The van der Waals surface area contributed by atoms with Crippen LogP contribution in [0.3, 0.4) is 0 Å². The Kier molecular flexibility index (Phi) is 4.42. The molecule has 124 valence electrons. The van der Waals surface area contributed by atoms with E-state index in [0.717, 1.165) is 5.75 Å². The van der Waals surface area contributed by atoms with Crippen LogP contribution in [-0.4, -0.2) is 36.1 Å². The van der Waals surface area contributed by atoms with E-state index >= 15 is 0 Å². The second-order valence-electron chi connectivity index (χ2n) is 5.60. The molecule has 0 saturated heterocycles. The van der Waals surface area contributed by atoms with Crippen molar-refractivity contribution in [1.29, 1.82) is 0 Å². The first-order valence-electron chi connectivity index (χ1n) is 7.71. The summed E-state index contributed by atoms with van der Waals surface area (Å²) in [7, 11) is 1.72. The summed E-state index contributed by atoms with van der Waals surface area (Å²) in [6, 6.07) is 14.2. The lowest BCUT2D eigenvalue weighted by Gasteiger charge is -2.17. The summed E-state index contributed by atoms with van der Waals surface area (Å²) in [6.45, 7) is 2.59. The standard InChI is InChI=1S/C19H19NO4/c1-13-18(16-12-14(21)8-9-17(16)24-13)19(22)20(2)10-11-23-15-6-4-3-5-7-15/h3-9,12,21H,10-11H2,1-2H3. The molecule has 1 aromatic heterocycles. The van der Waals surface area contributed by atoms with E-state index in [4.69, 9.17) is 9.15 Å². The third-order valence-electron chi connectivity index (χ3n) is 3.85. The number of phenolic OH excluding ortho intramolecular Hbond substituents is 1. The van der Waals surface area contributed by atoms with Crippen LogP contribution in [0, 0.1) is 6.92 Å². The van der Waals surface area contributed by atoms with Crippen molar-refractivity contribution in [2.24, 2.45) is 0 Å². The number of hydrogen-bond acceptors (Lipinski definition) is 4. The Bertz CT molecular complexity index is 854. The van der Waals surface area contributed by atoms with Gasteiger partial charge in [0.2, 0.25) is 0 Å². The van der Waals surface area contributed by atoms with E-state index in [1.807, 2.05) is 30.3 Å². The first-order chi connectivity index (χ1) is 11.6. The van der Waals surface area contributed by atoms with Crippen LogP contribution in [0.2, 0.25) is 0 Å². The van der Waals surface area contributed by atoms with Crippen molar-refractivity contribution < 1.29 is 19.1 Å². The molecule has 0 bridgehead atoms. The zero-order chi connectivity index (χ0) is 17.1. The quantitative estimate of drug-likeness (QED) is 0.778. The van der Waals surface area contributed by atoms with E-state index in [0.29, 0.717) is 35.4 Å². The zero-order valence-electron chi connectivity index (χ0n) is 13.7. The Morgan fingerprint density at radius 3 is 2.71 bits per heavy atom. The van der Waals surface area contributed by atoms with Crippen molar-refractivity contribution in [3.63, 3.8) is 0 Å². The topological polar surface area (TPSA) is 62.9 Å². The number of aryl methyl sites for hydroxylation is 1. The molecule has 0 atom stereocenters. The molecular formula is C19H19NO4. The third kappa shape index (κ3) is 3.20. The maximum Gasteiger partial charge on any atom is 0.257 e. The maximum atomic E-state index is 12.7. The van der Waals surface area contributed by atoms with Gasteiger partial charge in [-0.2, -0.15) is 0 Å². The number of ether oxygens (including phenoxy) is 1. The van der Waals surface area contributed by atoms with Crippen LogP contribution in [0.1, 0.15) is 16.1 Å². The monoisotopic (exact) mass is 325 g/mol. The number of furan rings is 1. The molecular weight excluding hydrogens is 306 g/mol. The number of nitrogens with zero attached hydrogens (tertiary/aromatic N) is 1. The number of hydrogen-bond donors (Lipinski definition) is 1. The molecule has 1 heterocycles. The lowest BCUT2D eigenvalue weighted by Crippen LogP contribution is -2.31. The maximum absolute atomic E-state index is 12.7.